The summed E-state index contributed by atoms with van der Waals surface area (Å²) in [5.41, 5.74) is 2.66. The predicted molar refractivity (Wildman–Crippen MR) is 113 cm³/mol. The molecule has 2 aromatic heterocycles. The third-order valence-electron chi connectivity index (χ3n) is 6.81. The van der Waals surface area contributed by atoms with E-state index in [0.717, 1.165) is 24.8 Å². The van der Waals surface area contributed by atoms with Crippen LogP contribution in [-0.2, 0) is 4.79 Å². The minimum atomic E-state index is -0.0707. The van der Waals surface area contributed by atoms with Crippen LogP contribution in [0.1, 0.15) is 62.7 Å². The first-order chi connectivity index (χ1) is 13.9. The predicted octanol–water partition coefficient (Wildman–Crippen LogP) is 3.49. The fourth-order valence-electron chi connectivity index (χ4n) is 4.60. The van der Waals surface area contributed by atoms with Gasteiger partial charge in [0.1, 0.15) is 0 Å². The van der Waals surface area contributed by atoms with E-state index in [9.17, 15) is 9.59 Å². The van der Waals surface area contributed by atoms with Gasteiger partial charge in [0.05, 0.1) is 17.3 Å². The molecule has 29 heavy (non-hydrogen) atoms. The van der Waals surface area contributed by atoms with Crippen LogP contribution in [0.4, 0.5) is 0 Å². The Morgan fingerprint density at radius 2 is 2.03 bits per heavy atom. The molecule has 154 valence electrons. The van der Waals surface area contributed by atoms with Crippen LogP contribution in [0.15, 0.2) is 42.2 Å². The summed E-state index contributed by atoms with van der Waals surface area (Å²) in [5, 5.41) is 10.4. The molecule has 0 saturated heterocycles. The van der Waals surface area contributed by atoms with E-state index in [0.29, 0.717) is 18.0 Å². The zero-order valence-corrected chi connectivity index (χ0v) is 17.3. The fraction of sp³-hybridized carbons (Fsp3) is 0.522. The van der Waals surface area contributed by atoms with Crippen LogP contribution >= 0.6 is 0 Å². The lowest BCUT2D eigenvalue weighted by Gasteiger charge is -2.52. The zero-order valence-electron chi connectivity index (χ0n) is 17.3. The topological polar surface area (TPSA) is 75.5 Å². The maximum Gasteiger partial charge on any atom is 0.253 e. The molecule has 4 rings (SSSR count). The third-order valence-corrected chi connectivity index (χ3v) is 6.81. The summed E-state index contributed by atoms with van der Waals surface area (Å²) in [5.74, 6) is 0.309. The number of rotatable bonds is 5. The van der Waals surface area contributed by atoms with Crippen molar-refractivity contribution in [2.24, 2.45) is 11.3 Å². The lowest BCUT2D eigenvalue weighted by molar-refractivity contribution is -0.117. The minimum Gasteiger partial charge on any atom is -0.352 e. The summed E-state index contributed by atoms with van der Waals surface area (Å²) in [6.07, 6.45) is 12.0. The third kappa shape index (κ3) is 4.07. The molecule has 6 heteroatoms. The quantitative estimate of drug-likeness (QED) is 0.763. The number of hydrogen-bond donors (Lipinski definition) is 2. The standard InChI is InChI=1S/C23H30N4O2/c1-23(2)17(15-24-21(28)13-16-7-4-3-5-8-16)14-20(23)26-22(29)18-9-6-12-27-19(18)10-11-25-27/h6,9-13,17,20H,3-5,7-8,14-15H2,1-2H3,(H,24,28)(H,26,29). The number of pyridine rings is 1. The van der Waals surface area contributed by atoms with Crippen LogP contribution in [0, 0.1) is 11.3 Å². The zero-order chi connectivity index (χ0) is 20.4. The fourth-order valence-corrected chi connectivity index (χ4v) is 4.60. The number of nitrogens with zero attached hydrogens (tertiary/aromatic N) is 2. The molecule has 2 unspecified atom stereocenters. The van der Waals surface area contributed by atoms with Crippen molar-refractivity contribution in [3.8, 4) is 0 Å². The Bertz CT molecular complexity index is 935. The monoisotopic (exact) mass is 394 g/mol. The molecule has 2 fully saturated rings. The van der Waals surface area contributed by atoms with Gasteiger partial charge in [-0.25, -0.2) is 4.52 Å². The summed E-state index contributed by atoms with van der Waals surface area (Å²) >= 11 is 0. The number of fused-ring (bicyclic) bond motifs is 1. The van der Waals surface area contributed by atoms with E-state index in [2.05, 4.69) is 29.6 Å². The van der Waals surface area contributed by atoms with Gasteiger partial charge < -0.3 is 10.6 Å². The molecule has 2 N–H and O–H groups in total. The summed E-state index contributed by atoms with van der Waals surface area (Å²) in [6.45, 7) is 4.98. The maximum absolute atomic E-state index is 12.8. The number of nitrogens with one attached hydrogen (secondary N) is 2. The highest BCUT2D eigenvalue weighted by atomic mass is 16.2. The van der Waals surface area contributed by atoms with E-state index in [1.165, 1.54) is 24.8 Å². The minimum absolute atomic E-state index is 0.0256. The average molecular weight is 395 g/mol. The van der Waals surface area contributed by atoms with E-state index < -0.39 is 0 Å². The van der Waals surface area contributed by atoms with E-state index >= 15 is 0 Å². The van der Waals surface area contributed by atoms with Crippen molar-refractivity contribution in [3.05, 3.63) is 47.8 Å². The Labute approximate surface area is 171 Å². The molecule has 2 heterocycles. The second-order valence-electron chi connectivity index (χ2n) is 8.97. The van der Waals surface area contributed by atoms with Crippen LogP contribution in [0.25, 0.3) is 5.52 Å². The van der Waals surface area contributed by atoms with Gasteiger partial charge in [-0.15, -0.1) is 0 Å². The smallest absolute Gasteiger partial charge is 0.253 e. The highest BCUT2D eigenvalue weighted by Crippen LogP contribution is 2.46. The van der Waals surface area contributed by atoms with Gasteiger partial charge in [0.2, 0.25) is 5.91 Å². The Balaban J connectivity index is 1.31. The molecule has 2 atom stereocenters. The van der Waals surface area contributed by atoms with Crippen LogP contribution in [0.2, 0.25) is 0 Å². The molecule has 0 aromatic carbocycles. The summed E-state index contributed by atoms with van der Waals surface area (Å²) in [6, 6.07) is 5.60. The van der Waals surface area contributed by atoms with Gasteiger partial charge in [0.25, 0.3) is 5.91 Å². The summed E-state index contributed by atoms with van der Waals surface area (Å²) < 4.78 is 1.71. The van der Waals surface area contributed by atoms with Crippen LogP contribution in [0.5, 0.6) is 0 Å². The number of carbonyl (C=O) groups excluding carboxylic acids is 2. The van der Waals surface area contributed by atoms with E-state index in [4.69, 9.17) is 0 Å². The number of allylic oxidation sites excluding steroid dienone is 1. The van der Waals surface area contributed by atoms with Crippen molar-refractivity contribution >= 4 is 17.3 Å². The SMILES string of the molecule is CC1(C)C(CNC(=O)C=C2CCCCC2)CC1NC(=O)c1cccn2nccc12. The molecule has 2 amide bonds. The van der Waals surface area contributed by atoms with Crippen molar-refractivity contribution in [1.29, 1.82) is 0 Å². The maximum atomic E-state index is 12.8. The van der Waals surface area contributed by atoms with Gasteiger partial charge >= 0.3 is 0 Å². The van der Waals surface area contributed by atoms with Gasteiger partial charge in [-0.2, -0.15) is 5.10 Å². The highest BCUT2D eigenvalue weighted by Gasteiger charge is 2.48. The summed E-state index contributed by atoms with van der Waals surface area (Å²) in [4.78, 5) is 25.1. The van der Waals surface area contributed by atoms with Crippen LogP contribution < -0.4 is 10.6 Å². The molecule has 0 aliphatic heterocycles. The van der Waals surface area contributed by atoms with E-state index in [-0.39, 0.29) is 23.3 Å². The Morgan fingerprint density at radius 3 is 2.79 bits per heavy atom. The number of amides is 2. The van der Waals surface area contributed by atoms with E-state index in [1.54, 1.807) is 16.8 Å². The first-order valence-corrected chi connectivity index (χ1v) is 10.7. The van der Waals surface area contributed by atoms with Gasteiger partial charge in [0.15, 0.2) is 0 Å². The lowest BCUT2D eigenvalue weighted by Crippen LogP contribution is -2.60. The molecular weight excluding hydrogens is 364 g/mol. The summed E-state index contributed by atoms with van der Waals surface area (Å²) in [7, 11) is 0. The van der Waals surface area contributed by atoms with Crippen molar-refractivity contribution < 1.29 is 9.59 Å². The lowest BCUT2D eigenvalue weighted by atomic mass is 9.58. The Morgan fingerprint density at radius 1 is 1.24 bits per heavy atom. The molecule has 2 aromatic rings. The Kier molecular flexibility index (Phi) is 5.43. The van der Waals surface area contributed by atoms with Gasteiger partial charge in [-0.3, -0.25) is 9.59 Å². The molecule has 2 saturated carbocycles. The molecule has 2 aliphatic rings. The van der Waals surface area contributed by atoms with Gasteiger partial charge in [-0.05, 0) is 61.6 Å². The molecule has 2 aliphatic carbocycles. The van der Waals surface area contributed by atoms with Gasteiger partial charge in [0, 0.05) is 24.9 Å². The van der Waals surface area contributed by atoms with Crippen molar-refractivity contribution in [2.75, 3.05) is 6.54 Å². The average Bonchev–Trinajstić information content (AvgIpc) is 3.19. The van der Waals surface area contributed by atoms with Gasteiger partial charge in [-0.1, -0.05) is 25.8 Å². The van der Waals surface area contributed by atoms with Crippen LogP contribution in [0.3, 0.4) is 0 Å². The highest BCUT2D eigenvalue weighted by molar-refractivity contribution is 6.00. The normalized spacial score (nSPS) is 23.3. The number of aromatic nitrogens is 2. The second kappa shape index (κ2) is 8.01. The second-order valence-corrected chi connectivity index (χ2v) is 8.97. The van der Waals surface area contributed by atoms with Crippen molar-refractivity contribution in [2.45, 2.75) is 58.4 Å². The largest absolute Gasteiger partial charge is 0.352 e. The molecule has 6 nitrogen and oxygen atoms in total. The first kappa shape index (κ1) is 19.7. The Hall–Kier alpha value is -2.63. The van der Waals surface area contributed by atoms with Crippen molar-refractivity contribution in [1.82, 2.24) is 20.2 Å². The molecular formula is C23H30N4O2. The number of carbonyl (C=O) groups is 2. The molecule has 0 radical (unpaired) electrons. The molecule has 0 bridgehead atoms. The first-order valence-electron chi connectivity index (χ1n) is 10.7. The van der Waals surface area contributed by atoms with Crippen molar-refractivity contribution in [3.63, 3.8) is 0 Å². The number of hydrogen-bond acceptors (Lipinski definition) is 3. The van der Waals surface area contributed by atoms with E-state index in [1.807, 2.05) is 24.4 Å². The molecule has 0 spiro atoms. The van der Waals surface area contributed by atoms with Crippen LogP contribution in [-0.4, -0.2) is 34.0 Å².